The van der Waals surface area contributed by atoms with Gasteiger partial charge in [-0.1, -0.05) is 72.7 Å². The summed E-state index contributed by atoms with van der Waals surface area (Å²) < 4.78 is 11.4. The van der Waals surface area contributed by atoms with Crippen molar-refractivity contribution < 1.29 is 33.5 Å². The summed E-state index contributed by atoms with van der Waals surface area (Å²) in [5.74, 6) is -2.29. The summed E-state index contributed by atoms with van der Waals surface area (Å²) in [6, 6.07) is 17.7. The molecule has 0 radical (unpaired) electrons. The van der Waals surface area contributed by atoms with Crippen LogP contribution in [0.3, 0.4) is 0 Å². The van der Waals surface area contributed by atoms with Gasteiger partial charge in [-0.2, -0.15) is 0 Å². The number of thiazole rings is 1. The summed E-state index contributed by atoms with van der Waals surface area (Å²) in [5, 5.41) is 7.75. The van der Waals surface area contributed by atoms with Gasteiger partial charge in [-0.05, 0) is 17.5 Å². The molecule has 3 N–H and O–H groups in total. The second-order valence-corrected chi connectivity index (χ2v) is 11.7. The lowest BCUT2D eigenvalue weighted by molar-refractivity contribution is -0.168. The van der Waals surface area contributed by atoms with Crippen LogP contribution in [0.2, 0.25) is 0 Å². The van der Waals surface area contributed by atoms with Gasteiger partial charge in [0.05, 0.1) is 5.57 Å². The molecule has 3 heterocycles. The number of nitrogen functional groups attached to an aromatic ring is 1. The molecule has 44 heavy (non-hydrogen) atoms. The second kappa shape index (κ2) is 13.7. The molecule has 1 fully saturated rings. The monoisotopic (exact) mass is 635 g/mol. The molecule has 3 atom stereocenters. The Morgan fingerprint density at radius 3 is 2.32 bits per heavy atom. The van der Waals surface area contributed by atoms with Gasteiger partial charge in [-0.15, -0.1) is 23.1 Å². The predicted molar refractivity (Wildman–Crippen MR) is 164 cm³/mol. The Hall–Kier alpha value is -4.69. The lowest BCUT2D eigenvalue weighted by atomic mass is 10.0. The van der Waals surface area contributed by atoms with Crippen LogP contribution in [-0.4, -0.2) is 69.7 Å². The molecule has 0 spiro atoms. The van der Waals surface area contributed by atoms with Crippen LogP contribution in [-0.2, 0) is 33.5 Å². The first-order chi connectivity index (χ1) is 21.3. The molecule has 2 aliphatic heterocycles. The van der Waals surface area contributed by atoms with Crippen LogP contribution in [0.4, 0.5) is 5.13 Å². The van der Waals surface area contributed by atoms with E-state index in [1.807, 2.05) is 60.7 Å². The molecule has 1 aromatic heterocycles. The number of carbonyl (C=O) groups excluding carboxylic acids is 4. The van der Waals surface area contributed by atoms with Crippen molar-refractivity contribution in [3.8, 4) is 0 Å². The van der Waals surface area contributed by atoms with Crippen LogP contribution in [0.1, 0.15) is 36.3 Å². The van der Waals surface area contributed by atoms with Gasteiger partial charge >= 0.3 is 11.9 Å². The standard InChI is InChI=1S/C30H29N5O7S2/c1-3-21(29(39)42-24(17-10-6-4-7-11-17)18-12-8-5-9-13-18)41-28(38)19-14-35-26(37)23(27(35)43-15-19)33-25(36)22(34-40-2)20-16-44-30(31)32-20/h4-14,16,21,23-24,27H,3,15H2,1-2H3,(H2,31,32)(H,33,36)/t21?,23?,27-/m1/s1. The molecule has 5 rings (SSSR count). The van der Waals surface area contributed by atoms with Gasteiger partial charge in [-0.3, -0.25) is 9.59 Å². The molecule has 0 aliphatic carbocycles. The maximum absolute atomic E-state index is 13.2. The van der Waals surface area contributed by atoms with Crippen molar-refractivity contribution in [3.63, 3.8) is 0 Å². The number of hydrogen-bond acceptors (Lipinski definition) is 12. The van der Waals surface area contributed by atoms with E-state index >= 15 is 0 Å². The number of fused-ring (bicyclic) bond motifs is 1. The molecular formula is C30H29N5O7S2. The Kier molecular flexibility index (Phi) is 9.60. The normalized spacial score (nSPS) is 18.4. The zero-order valence-corrected chi connectivity index (χ0v) is 25.4. The zero-order valence-electron chi connectivity index (χ0n) is 23.7. The van der Waals surface area contributed by atoms with E-state index in [2.05, 4.69) is 15.5 Å². The van der Waals surface area contributed by atoms with Gasteiger partial charge in [0.1, 0.15) is 24.2 Å². The number of hydrogen-bond donors (Lipinski definition) is 2. The van der Waals surface area contributed by atoms with Gasteiger partial charge in [-0.25, -0.2) is 14.6 Å². The van der Waals surface area contributed by atoms with E-state index in [-0.39, 0.29) is 34.3 Å². The first kappa shape index (κ1) is 30.8. The van der Waals surface area contributed by atoms with Gasteiger partial charge in [0, 0.05) is 17.3 Å². The van der Waals surface area contributed by atoms with Crippen molar-refractivity contribution >= 4 is 57.7 Å². The number of anilines is 1. The lowest BCUT2D eigenvalue weighted by Crippen LogP contribution is -2.69. The van der Waals surface area contributed by atoms with Gasteiger partial charge in [0.25, 0.3) is 11.8 Å². The minimum atomic E-state index is -1.15. The maximum Gasteiger partial charge on any atom is 0.348 e. The number of aromatic nitrogens is 1. The first-order valence-corrected chi connectivity index (χ1v) is 15.5. The largest absolute Gasteiger partial charge is 0.450 e. The second-order valence-electron chi connectivity index (χ2n) is 9.69. The molecule has 14 heteroatoms. The zero-order chi connectivity index (χ0) is 31.2. The van der Waals surface area contributed by atoms with Crippen molar-refractivity contribution in [2.45, 2.75) is 37.0 Å². The Bertz CT molecular complexity index is 1560. The van der Waals surface area contributed by atoms with E-state index in [0.29, 0.717) is 0 Å². The maximum atomic E-state index is 13.2. The average molecular weight is 636 g/mol. The van der Waals surface area contributed by atoms with E-state index in [0.717, 1.165) is 22.5 Å². The van der Waals surface area contributed by atoms with Gasteiger partial charge in [0.15, 0.2) is 23.1 Å². The summed E-state index contributed by atoms with van der Waals surface area (Å²) >= 11 is 2.41. The van der Waals surface area contributed by atoms with E-state index in [1.165, 1.54) is 30.0 Å². The van der Waals surface area contributed by atoms with Crippen LogP contribution < -0.4 is 11.1 Å². The molecule has 1 saturated heterocycles. The molecule has 2 aromatic carbocycles. The number of ether oxygens (including phenoxy) is 2. The molecule has 0 bridgehead atoms. The number of rotatable bonds is 11. The van der Waals surface area contributed by atoms with Crippen LogP contribution in [0, 0.1) is 0 Å². The van der Waals surface area contributed by atoms with Crippen LogP contribution in [0.5, 0.6) is 0 Å². The number of amides is 2. The first-order valence-electron chi connectivity index (χ1n) is 13.6. The van der Waals surface area contributed by atoms with E-state index in [1.54, 1.807) is 12.3 Å². The Morgan fingerprint density at radius 1 is 1.09 bits per heavy atom. The fourth-order valence-corrected chi connectivity index (χ4v) is 6.40. The molecule has 2 aliphatic rings. The van der Waals surface area contributed by atoms with Crippen LogP contribution in [0.25, 0.3) is 0 Å². The fourth-order valence-electron chi connectivity index (χ4n) is 4.61. The molecule has 228 valence electrons. The van der Waals surface area contributed by atoms with Crippen molar-refractivity contribution in [3.05, 3.63) is 94.6 Å². The summed E-state index contributed by atoms with van der Waals surface area (Å²) in [5.41, 5.74) is 7.53. The highest BCUT2D eigenvalue weighted by Crippen LogP contribution is 2.37. The predicted octanol–water partition coefficient (Wildman–Crippen LogP) is 3.01. The number of β-lactam (4-membered cyclic amide) rings is 1. The number of carbonyl (C=O) groups is 4. The third-order valence-electron chi connectivity index (χ3n) is 6.82. The number of benzene rings is 2. The molecule has 3 aromatic rings. The number of thioether (sulfide) groups is 1. The highest BCUT2D eigenvalue weighted by atomic mass is 32.2. The molecule has 12 nitrogen and oxygen atoms in total. The van der Waals surface area contributed by atoms with Crippen molar-refractivity contribution in [2.75, 3.05) is 18.6 Å². The number of oxime groups is 1. The SMILES string of the molecule is CCC(OC(=O)C1=CN2C(=O)C(NC(=O)C(=NOC)c3csc(N)n3)[C@H]2SC1)C(=O)OC(c1ccccc1)c1ccccc1. The van der Waals surface area contributed by atoms with Crippen molar-refractivity contribution in [1.82, 2.24) is 15.2 Å². The van der Waals surface area contributed by atoms with Crippen molar-refractivity contribution in [1.29, 1.82) is 0 Å². The molecular weight excluding hydrogens is 606 g/mol. The number of nitrogens with two attached hydrogens (primary N) is 1. The minimum absolute atomic E-state index is 0.119. The minimum Gasteiger partial charge on any atom is -0.450 e. The summed E-state index contributed by atoms with van der Waals surface area (Å²) in [4.78, 5) is 62.3. The lowest BCUT2D eigenvalue weighted by Gasteiger charge is -2.47. The van der Waals surface area contributed by atoms with Gasteiger partial charge < -0.3 is 30.3 Å². The highest BCUT2D eigenvalue weighted by molar-refractivity contribution is 8.00. The highest BCUT2D eigenvalue weighted by Gasteiger charge is 2.50. The smallest absolute Gasteiger partial charge is 0.348 e. The van der Waals surface area contributed by atoms with E-state index < -0.39 is 47.4 Å². The molecule has 2 amide bonds. The summed E-state index contributed by atoms with van der Waals surface area (Å²) in [6.07, 6.45) is -0.250. The van der Waals surface area contributed by atoms with Crippen LogP contribution >= 0.6 is 23.1 Å². The number of nitrogens with one attached hydrogen (secondary N) is 1. The topological polar surface area (TPSA) is 163 Å². The Labute approximate surface area is 261 Å². The van der Waals surface area contributed by atoms with Crippen molar-refractivity contribution in [2.24, 2.45) is 5.16 Å². The average Bonchev–Trinajstić information content (AvgIpc) is 3.49. The molecule has 0 saturated carbocycles. The Morgan fingerprint density at radius 2 is 1.75 bits per heavy atom. The van der Waals surface area contributed by atoms with Gasteiger partial charge in [0.2, 0.25) is 0 Å². The third-order valence-corrected chi connectivity index (χ3v) is 8.81. The molecule has 2 unspecified atom stereocenters. The summed E-state index contributed by atoms with van der Waals surface area (Å²) in [6.45, 7) is 1.71. The quantitative estimate of drug-likeness (QED) is 0.139. The Balaban J connectivity index is 1.22. The van der Waals surface area contributed by atoms with E-state index in [9.17, 15) is 19.2 Å². The third kappa shape index (κ3) is 6.60. The fraction of sp³-hybridized carbons (Fsp3) is 0.267. The van der Waals surface area contributed by atoms with E-state index in [4.69, 9.17) is 20.0 Å². The number of nitrogens with zero attached hydrogens (tertiary/aromatic N) is 3. The summed E-state index contributed by atoms with van der Waals surface area (Å²) in [7, 11) is 1.29. The number of esters is 2. The van der Waals surface area contributed by atoms with Crippen LogP contribution in [0.15, 0.2) is 83.0 Å².